The van der Waals surface area contributed by atoms with E-state index in [9.17, 15) is 4.79 Å². The lowest BCUT2D eigenvalue weighted by Crippen LogP contribution is -2.33. The summed E-state index contributed by atoms with van der Waals surface area (Å²) in [4.78, 5) is 18.4. The number of hydrogen-bond donors (Lipinski definition) is 0. The third kappa shape index (κ3) is 3.71. The molecule has 0 saturated carbocycles. The molecular formula is C18H19N5OS. The van der Waals surface area contributed by atoms with Gasteiger partial charge in [0.15, 0.2) is 11.0 Å². The van der Waals surface area contributed by atoms with E-state index in [1.165, 1.54) is 11.8 Å². The topological polar surface area (TPSA) is 63.9 Å². The standard InChI is InChI=1S/C18H19N5OS/c1-13(17(24)22(2)15-7-5-4-6-8-15)25-18-21-20-16(23(18)3)14-9-11-19-12-10-14/h4-13H,1-3H3/t13-/m0/s1. The van der Waals surface area contributed by atoms with E-state index in [4.69, 9.17) is 0 Å². The number of aromatic nitrogens is 4. The van der Waals surface area contributed by atoms with Gasteiger partial charge in [-0.3, -0.25) is 9.78 Å². The first-order valence-corrected chi connectivity index (χ1v) is 8.75. The summed E-state index contributed by atoms with van der Waals surface area (Å²) in [6.07, 6.45) is 3.44. The molecule has 2 heterocycles. The van der Waals surface area contributed by atoms with Crippen LogP contribution in [0.4, 0.5) is 5.69 Å². The fourth-order valence-corrected chi connectivity index (χ4v) is 3.34. The monoisotopic (exact) mass is 353 g/mol. The summed E-state index contributed by atoms with van der Waals surface area (Å²) in [6, 6.07) is 13.4. The smallest absolute Gasteiger partial charge is 0.240 e. The zero-order valence-electron chi connectivity index (χ0n) is 14.3. The van der Waals surface area contributed by atoms with E-state index >= 15 is 0 Å². The predicted octanol–water partition coefficient (Wildman–Crippen LogP) is 3.02. The van der Waals surface area contributed by atoms with Crippen molar-refractivity contribution in [1.29, 1.82) is 0 Å². The van der Waals surface area contributed by atoms with Crippen molar-refractivity contribution in [3.8, 4) is 11.4 Å². The van der Waals surface area contributed by atoms with Crippen molar-refractivity contribution in [1.82, 2.24) is 19.7 Å². The second-order valence-electron chi connectivity index (χ2n) is 5.59. The van der Waals surface area contributed by atoms with Crippen LogP contribution in [0.5, 0.6) is 0 Å². The maximum absolute atomic E-state index is 12.7. The van der Waals surface area contributed by atoms with E-state index in [0.717, 1.165) is 17.1 Å². The Morgan fingerprint density at radius 3 is 2.48 bits per heavy atom. The summed E-state index contributed by atoms with van der Waals surface area (Å²) >= 11 is 1.40. The first-order valence-electron chi connectivity index (χ1n) is 7.87. The molecule has 128 valence electrons. The molecule has 1 aromatic carbocycles. The lowest BCUT2D eigenvalue weighted by atomic mass is 10.2. The van der Waals surface area contributed by atoms with Crippen molar-refractivity contribution in [3.05, 3.63) is 54.9 Å². The number of benzene rings is 1. The summed E-state index contributed by atoms with van der Waals surface area (Å²) in [5, 5.41) is 8.90. The number of hydrogen-bond acceptors (Lipinski definition) is 5. The van der Waals surface area contributed by atoms with Crippen molar-refractivity contribution >= 4 is 23.4 Å². The number of thioether (sulfide) groups is 1. The molecule has 0 fully saturated rings. The second-order valence-corrected chi connectivity index (χ2v) is 6.90. The zero-order chi connectivity index (χ0) is 17.8. The van der Waals surface area contributed by atoms with Crippen LogP contribution in [0.25, 0.3) is 11.4 Å². The fraction of sp³-hybridized carbons (Fsp3) is 0.222. The van der Waals surface area contributed by atoms with Gasteiger partial charge in [-0.1, -0.05) is 30.0 Å². The normalized spacial score (nSPS) is 12.0. The van der Waals surface area contributed by atoms with Gasteiger partial charge in [0.05, 0.1) is 5.25 Å². The number of anilines is 1. The van der Waals surface area contributed by atoms with Gasteiger partial charge >= 0.3 is 0 Å². The Hall–Kier alpha value is -2.67. The molecule has 0 N–H and O–H groups in total. The van der Waals surface area contributed by atoms with Crippen molar-refractivity contribution in [2.24, 2.45) is 7.05 Å². The van der Waals surface area contributed by atoms with Gasteiger partial charge < -0.3 is 9.47 Å². The number of pyridine rings is 1. The maximum Gasteiger partial charge on any atom is 0.240 e. The Kier molecular flexibility index (Phi) is 5.14. The van der Waals surface area contributed by atoms with Crippen LogP contribution in [-0.4, -0.2) is 38.0 Å². The highest BCUT2D eigenvalue weighted by Crippen LogP contribution is 2.27. The molecule has 0 bridgehead atoms. The molecule has 7 heteroatoms. The summed E-state index contributed by atoms with van der Waals surface area (Å²) < 4.78 is 1.90. The lowest BCUT2D eigenvalue weighted by Gasteiger charge is -2.20. The van der Waals surface area contributed by atoms with Crippen molar-refractivity contribution in [2.45, 2.75) is 17.3 Å². The molecular weight excluding hydrogens is 334 g/mol. The van der Waals surface area contributed by atoms with Gasteiger partial charge in [-0.15, -0.1) is 10.2 Å². The highest BCUT2D eigenvalue weighted by molar-refractivity contribution is 8.00. The summed E-state index contributed by atoms with van der Waals surface area (Å²) in [6.45, 7) is 1.88. The van der Waals surface area contributed by atoms with E-state index in [2.05, 4.69) is 15.2 Å². The minimum Gasteiger partial charge on any atom is -0.315 e. The SMILES string of the molecule is C[C@H](Sc1nnc(-c2ccncc2)n1C)C(=O)N(C)c1ccccc1. The van der Waals surface area contributed by atoms with Crippen LogP contribution in [0.1, 0.15) is 6.92 Å². The molecule has 0 aliphatic carbocycles. The van der Waals surface area contributed by atoms with Crippen molar-refractivity contribution in [2.75, 3.05) is 11.9 Å². The molecule has 3 aromatic rings. The van der Waals surface area contributed by atoms with E-state index in [1.807, 2.05) is 61.0 Å². The highest BCUT2D eigenvalue weighted by atomic mass is 32.2. The Morgan fingerprint density at radius 1 is 1.12 bits per heavy atom. The van der Waals surface area contributed by atoms with Gasteiger partial charge in [-0.25, -0.2) is 0 Å². The number of para-hydroxylation sites is 1. The Balaban J connectivity index is 1.74. The van der Waals surface area contributed by atoms with Gasteiger partial charge in [0, 0.05) is 37.7 Å². The summed E-state index contributed by atoms with van der Waals surface area (Å²) in [5.74, 6) is 0.769. The molecule has 25 heavy (non-hydrogen) atoms. The largest absolute Gasteiger partial charge is 0.315 e. The Bertz CT molecular complexity index is 850. The van der Waals surface area contributed by atoms with Gasteiger partial charge in [0.1, 0.15) is 0 Å². The van der Waals surface area contributed by atoms with E-state index in [-0.39, 0.29) is 11.2 Å². The Labute approximate surface area is 150 Å². The molecule has 6 nitrogen and oxygen atoms in total. The average Bonchev–Trinajstić information content (AvgIpc) is 3.02. The first kappa shape index (κ1) is 17.2. The molecule has 1 atom stereocenters. The second kappa shape index (κ2) is 7.48. The molecule has 0 aliphatic heterocycles. The number of rotatable bonds is 5. The van der Waals surface area contributed by atoms with Crippen LogP contribution in [0, 0.1) is 0 Å². The van der Waals surface area contributed by atoms with E-state index < -0.39 is 0 Å². The zero-order valence-corrected chi connectivity index (χ0v) is 15.1. The molecule has 0 saturated heterocycles. The molecule has 0 aliphatic rings. The molecule has 2 aromatic heterocycles. The Morgan fingerprint density at radius 2 is 1.80 bits per heavy atom. The number of carbonyl (C=O) groups excluding carboxylic acids is 1. The maximum atomic E-state index is 12.7. The van der Waals surface area contributed by atoms with Crippen molar-refractivity contribution < 1.29 is 4.79 Å². The highest BCUT2D eigenvalue weighted by Gasteiger charge is 2.22. The van der Waals surface area contributed by atoms with Gasteiger partial charge in [0.25, 0.3) is 0 Å². The third-order valence-electron chi connectivity index (χ3n) is 3.88. The van der Waals surface area contributed by atoms with Gasteiger partial charge in [-0.05, 0) is 31.2 Å². The molecule has 3 rings (SSSR count). The predicted molar refractivity (Wildman–Crippen MR) is 99.4 cm³/mol. The minimum absolute atomic E-state index is 0.0182. The van der Waals surface area contributed by atoms with Crippen LogP contribution in [0.3, 0.4) is 0 Å². The van der Waals surface area contributed by atoms with Crippen LogP contribution < -0.4 is 4.90 Å². The van der Waals surface area contributed by atoms with Gasteiger partial charge in [-0.2, -0.15) is 0 Å². The van der Waals surface area contributed by atoms with Crippen LogP contribution >= 0.6 is 11.8 Å². The summed E-state index contributed by atoms with van der Waals surface area (Å²) in [7, 11) is 3.68. The van der Waals surface area contributed by atoms with Crippen LogP contribution in [-0.2, 0) is 11.8 Å². The van der Waals surface area contributed by atoms with Crippen LogP contribution in [0.2, 0.25) is 0 Å². The van der Waals surface area contributed by atoms with Gasteiger partial charge in [0.2, 0.25) is 5.91 Å². The molecule has 0 radical (unpaired) electrons. The lowest BCUT2D eigenvalue weighted by molar-refractivity contribution is -0.117. The van der Waals surface area contributed by atoms with E-state index in [0.29, 0.717) is 5.16 Å². The number of carbonyl (C=O) groups is 1. The average molecular weight is 353 g/mol. The third-order valence-corrected chi connectivity index (χ3v) is 5.00. The van der Waals surface area contributed by atoms with E-state index in [1.54, 1.807) is 24.3 Å². The number of nitrogens with zero attached hydrogens (tertiary/aromatic N) is 5. The summed E-state index contributed by atoms with van der Waals surface area (Å²) in [5.41, 5.74) is 1.81. The fourth-order valence-electron chi connectivity index (χ4n) is 2.43. The first-order chi connectivity index (χ1) is 12.1. The number of amides is 1. The quantitative estimate of drug-likeness (QED) is 0.660. The van der Waals surface area contributed by atoms with Crippen molar-refractivity contribution in [3.63, 3.8) is 0 Å². The minimum atomic E-state index is -0.279. The molecule has 0 spiro atoms. The van der Waals surface area contributed by atoms with Crippen LogP contribution in [0.15, 0.2) is 60.0 Å². The molecule has 1 amide bonds. The molecule has 0 unspecified atom stereocenters.